The van der Waals surface area contributed by atoms with Crippen LogP contribution in [0.15, 0.2) is 6.07 Å². The Hall–Kier alpha value is -1.63. The summed E-state index contributed by atoms with van der Waals surface area (Å²) < 4.78 is 41.1. The molecular weight excluding hydrogens is 377 g/mol. The minimum Gasteiger partial charge on any atom is -0.306 e. The molecule has 7 heteroatoms. The number of likely N-dealkylation sites (N-methyl/N-ethyl adjacent to an activating group) is 1. The Morgan fingerprint density at radius 3 is 2.41 bits per heavy atom. The minimum atomic E-state index is -4.07. The molecule has 4 nitrogen and oxygen atoms in total. The number of alkyl halides is 3. The summed E-state index contributed by atoms with van der Waals surface area (Å²) >= 11 is 0. The third kappa shape index (κ3) is 3.90. The summed E-state index contributed by atoms with van der Waals surface area (Å²) in [6, 6.07) is 2.01. The lowest BCUT2D eigenvalue weighted by molar-refractivity contribution is -0.182. The number of rotatable bonds is 2. The first-order valence-corrected chi connectivity index (χ1v) is 10.8. The normalized spacial score (nSPS) is 29.5. The molecule has 4 rings (SSSR count). The number of aryl methyl sites for hydroxylation is 1. The molecule has 1 saturated heterocycles. The SMILES string of the molecule is Cc1nc2cc([C@H]3CC[C@H](C(F)(F)F)CC3)nn2c([C@H]2CN(C)CC[C@H]2C)c1C. The van der Waals surface area contributed by atoms with E-state index >= 15 is 0 Å². The second-order valence-electron chi connectivity index (χ2n) is 9.27. The highest BCUT2D eigenvalue weighted by atomic mass is 19.4. The van der Waals surface area contributed by atoms with Crippen LogP contribution in [0.2, 0.25) is 0 Å². The largest absolute Gasteiger partial charge is 0.391 e. The summed E-state index contributed by atoms with van der Waals surface area (Å²) in [7, 11) is 2.16. The summed E-state index contributed by atoms with van der Waals surface area (Å²) in [6.45, 7) is 8.57. The standard InChI is InChI=1S/C22H31F3N4/c1-13-9-10-28(4)12-18(13)21-14(2)15(3)26-20-11-19(27-29(20)21)16-5-7-17(8-6-16)22(23,24)25/h11,13,16-18H,5-10,12H2,1-4H3/t13-,16-,17-,18+/m1/s1. The zero-order chi connectivity index (χ0) is 20.9. The Morgan fingerprint density at radius 1 is 1.07 bits per heavy atom. The average molecular weight is 409 g/mol. The number of nitrogens with zero attached hydrogens (tertiary/aromatic N) is 4. The molecular formula is C22H31F3N4. The van der Waals surface area contributed by atoms with Gasteiger partial charge in [0.15, 0.2) is 5.65 Å². The van der Waals surface area contributed by atoms with Crippen molar-refractivity contribution in [3.63, 3.8) is 0 Å². The van der Waals surface area contributed by atoms with Crippen molar-refractivity contribution in [1.82, 2.24) is 19.5 Å². The van der Waals surface area contributed by atoms with Crippen LogP contribution in [0.4, 0.5) is 13.2 Å². The third-order valence-electron chi connectivity index (χ3n) is 7.27. The molecule has 0 unspecified atom stereocenters. The molecule has 2 atom stereocenters. The quantitative estimate of drug-likeness (QED) is 0.682. The van der Waals surface area contributed by atoms with Crippen molar-refractivity contribution in [2.24, 2.45) is 11.8 Å². The van der Waals surface area contributed by atoms with Crippen LogP contribution < -0.4 is 0 Å². The minimum absolute atomic E-state index is 0.0928. The zero-order valence-corrected chi connectivity index (χ0v) is 17.8. The Morgan fingerprint density at radius 2 is 1.76 bits per heavy atom. The molecule has 3 heterocycles. The van der Waals surface area contributed by atoms with Gasteiger partial charge in [-0.25, -0.2) is 9.50 Å². The number of piperidine rings is 1. The number of halogens is 3. The number of fused-ring (bicyclic) bond motifs is 1. The van der Waals surface area contributed by atoms with Gasteiger partial charge in [0.05, 0.1) is 17.3 Å². The van der Waals surface area contributed by atoms with E-state index in [1.165, 1.54) is 11.3 Å². The molecule has 2 aromatic rings. The van der Waals surface area contributed by atoms with Gasteiger partial charge in [-0.05, 0) is 71.0 Å². The van der Waals surface area contributed by atoms with Crippen molar-refractivity contribution in [3.8, 4) is 0 Å². The fraction of sp³-hybridized carbons (Fsp3) is 0.727. The number of hydrogen-bond donors (Lipinski definition) is 0. The summed E-state index contributed by atoms with van der Waals surface area (Å²) in [6.07, 6.45) is -1.43. The van der Waals surface area contributed by atoms with Crippen LogP contribution >= 0.6 is 0 Å². The van der Waals surface area contributed by atoms with E-state index in [1.807, 2.05) is 17.5 Å². The average Bonchev–Trinajstić information content (AvgIpc) is 3.08. The first kappa shape index (κ1) is 20.6. The van der Waals surface area contributed by atoms with Gasteiger partial charge >= 0.3 is 6.18 Å². The predicted molar refractivity (Wildman–Crippen MR) is 107 cm³/mol. The number of likely N-dealkylation sites (tertiary alicyclic amines) is 1. The fourth-order valence-electron chi connectivity index (χ4n) is 5.19. The van der Waals surface area contributed by atoms with Gasteiger partial charge in [0, 0.05) is 30.1 Å². The molecule has 29 heavy (non-hydrogen) atoms. The van der Waals surface area contributed by atoms with E-state index in [-0.39, 0.29) is 18.8 Å². The molecule has 2 aliphatic rings. The Kier molecular flexibility index (Phi) is 5.38. The fourth-order valence-corrected chi connectivity index (χ4v) is 5.19. The van der Waals surface area contributed by atoms with E-state index in [1.54, 1.807) is 0 Å². The first-order chi connectivity index (χ1) is 13.6. The molecule has 1 aliphatic carbocycles. The van der Waals surface area contributed by atoms with Crippen LogP contribution in [-0.2, 0) is 0 Å². The Bertz CT molecular complexity index is 880. The van der Waals surface area contributed by atoms with E-state index in [0.29, 0.717) is 24.7 Å². The predicted octanol–water partition coefficient (Wildman–Crippen LogP) is 5.24. The highest BCUT2D eigenvalue weighted by Gasteiger charge is 2.42. The molecule has 160 valence electrons. The van der Waals surface area contributed by atoms with Gasteiger partial charge in [0.1, 0.15) is 0 Å². The lowest BCUT2D eigenvalue weighted by Gasteiger charge is -2.36. The molecule has 2 fully saturated rings. The molecule has 1 aliphatic heterocycles. The second-order valence-corrected chi connectivity index (χ2v) is 9.27. The molecule has 0 N–H and O–H groups in total. The number of aromatic nitrogens is 3. The smallest absolute Gasteiger partial charge is 0.306 e. The topological polar surface area (TPSA) is 33.4 Å². The van der Waals surface area contributed by atoms with Crippen LogP contribution in [0.1, 0.15) is 73.5 Å². The third-order valence-corrected chi connectivity index (χ3v) is 7.27. The van der Waals surface area contributed by atoms with Crippen LogP contribution in [0.3, 0.4) is 0 Å². The molecule has 0 spiro atoms. The summed E-state index contributed by atoms with van der Waals surface area (Å²) in [5, 5.41) is 4.91. The molecule has 0 aromatic carbocycles. The van der Waals surface area contributed by atoms with Crippen LogP contribution in [0.25, 0.3) is 5.65 Å². The van der Waals surface area contributed by atoms with Gasteiger partial charge in [0.25, 0.3) is 0 Å². The zero-order valence-electron chi connectivity index (χ0n) is 17.8. The summed E-state index contributed by atoms with van der Waals surface area (Å²) in [5.41, 5.74) is 5.15. The molecule has 0 amide bonds. The monoisotopic (exact) mass is 408 g/mol. The maximum absolute atomic E-state index is 13.0. The summed E-state index contributed by atoms with van der Waals surface area (Å²) in [4.78, 5) is 7.12. The number of hydrogen-bond acceptors (Lipinski definition) is 3. The van der Waals surface area contributed by atoms with Crippen molar-refractivity contribution >= 4 is 5.65 Å². The Balaban J connectivity index is 1.68. The lowest BCUT2D eigenvalue weighted by atomic mass is 9.80. The maximum atomic E-state index is 13.0. The van der Waals surface area contributed by atoms with Crippen LogP contribution in [0, 0.1) is 25.7 Å². The van der Waals surface area contributed by atoms with Gasteiger partial charge in [-0.3, -0.25) is 0 Å². The summed E-state index contributed by atoms with van der Waals surface area (Å²) in [5.74, 6) is -0.126. The molecule has 2 aromatic heterocycles. The van der Waals surface area contributed by atoms with E-state index in [4.69, 9.17) is 10.1 Å². The molecule has 0 radical (unpaired) electrons. The highest BCUT2D eigenvalue weighted by molar-refractivity contribution is 5.46. The maximum Gasteiger partial charge on any atom is 0.391 e. The highest BCUT2D eigenvalue weighted by Crippen LogP contribution is 2.43. The van der Waals surface area contributed by atoms with Gasteiger partial charge < -0.3 is 4.90 Å². The molecule has 0 bridgehead atoms. The van der Waals surface area contributed by atoms with Crippen LogP contribution in [-0.4, -0.2) is 45.8 Å². The van der Waals surface area contributed by atoms with Crippen molar-refractivity contribution < 1.29 is 13.2 Å². The van der Waals surface area contributed by atoms with E-state index in [2.05, 4.69) is 25.8 Å². The van der Waals surface area contributed by atoms with E-state index in [0.717, 1.165) is 36.5 Å². The van der Waals surface area contributed by atoms with Crippen molar-refractivity contribution in [2.75, 3.05) is 20.1 Å². The lowest BCUT2D eigenvalue weighted by Crippen LogP contribution is -2.37. The van der Waals surface area contributed by atoms with Crippen molar-refractivity contribution in [2.45, 2.75) is 70.9 Å². The van der Waals surface area contributed by atoms with E-state index in [9.17, 15) is 13.2 Å². The van der Waals surface area contributed by atoms with Crippen molar-refractivity contribution in [3.05, 3.63) is 28.7 Å². The van der Waals surface area contributed by atoms with Gasteiger partial charge in [0.2, 0.25) is 0 Å². The van der Waals surface area contributed by atoms with Gasteiger partial charge in [-0.1, -0.05) is 6.92 Å². The van der Waals surface area contributed by atoms with Crippen LogP contribution in [0.5, 0.6) is 0 Å². The Labute approximate surface area is 170 Å². The molecule has 1 saturated carbocycles. The second kappa shape index (κ2) is 7.56. The van der Waals surface area contributed by atoms with Gasteiger partial charge in [-0.2, -0.15) is 18.3 Å². The van der Waals surface area contributed by atoms with Crippen molar-refractivity contribution in [1.29, 1.82) is 0 Å². The van der Waals surface area contributed by atoms with E-state index < -0.39 is 12.1 Å². The van der Waals surface area contributed by atoms with Gasteiger partial charge in [-0.15, -0.1) is 0 Å². The first-order valence-electron chi connectivity index (χ1n) is 10.8.